The number of benzene rings is 1. The predicted octanol–water partition coefficient (Wildman–Crippen LogP) is 0.481. The van der Waals surface area contributed by atoms with E-state index in [9.17, 15) is 9.59 Å². The van der Waals surface area contributed by atoms with Crippen LogP contribution in [0.3, 0.4) is 0 Å². The number of nitrogens with two attached hydrogens (primary N) is 1. The summed E-state index contributed by atoms with van der Waals surface area (Å²) in [6.07, 6.45) is 0. The van der Waals surface area contributed by atoms with Crippen LogP contribution in [0.1, 0.15) is 24.0 Å². The van der Waals surface area contributed by atoms with Gasteiger partial charge in [-0.2, -0.15) is 4.99 Å². The van der Waals surface area contributed by atoms with E-state index in [-0.39, 0.29) is 11.7 Å². The Morgan fingerprint density at radius 1 is 1.39 bits per heavy atom. The third kappa shape index (κ3) is 2.31. The van der Waals surface area contributed by atoms with Crippen molar-refractivity contribution in [1.82, 2.24) is 5.32 Å². The number of amidine groups is 1. The molecular formula is C13H15N3O2. The molecule has 0 saturated carbocycles. The number of nitrogens with one attached hydrogen (secondary N) is 1. The van der Waals surface area contributed by atoms with Crippen LogP contribution in [0.5, 0.6) is 0 Å². The van der Waals surface area contributed by atoms with E-state index in [1.165, 1.54) is 0 Å². The maximum atomic E-state index is 12.0. The molecule has 0 saturated heterocycles. The van der Waals surface area contributed by atoms with Crippen molar-refractivity contribution in [3.8, 4) is 0 Å². The highest BCUT2D eigenvalue weighted by atomic mass is 16.2. The minimum atomic E-state index is -0.868. The van der Waals surface area contributed by atoms with Crippen molar-refractivity contribution in [3.05, 3.63) is 35.4 Å². The largest absolute Gasteiger partial charge is 0.322 e. The summed E-state index contributed by atoms with van der Waals surface area (Å²) in [5.41, 5.74) is 7.25. The normalized spacial score (nSPS) is 21.3. The summed E-state index contributed by atoms with van der Waals surface area (Å²) in [6.45, 7) is 3.57. The zero-order chi connectivity index (χ0) is 13.3. The van der Waals surface area contributed by atoms with E-state index in [1.807, 2.05) is 25.1 Å². The van der Waals surface area contributed by atoms with Crippen LogP contribution in [-0.4, -0.2) is 23.7 Å². The first kappa shape index (κ1) is 12.4. The van der Waals surface area contributed by atoms with Gasteiger partial charge in [0, 0.05) is 0 Å². The number of carbonyl (C=O) groups excluding carboxylic acids is 2. The number of aliphatic imine (C=N–C) groups is 1. The van der Waals surface area contributed by atoms with Gasteiger partial charge in [0.05, 0.1) is 6.04 Å². The molecule has 18 heavy (non-hydrogen) atoms. The predicted molar refractivity (Wildman–Crippen MR) is 68.2 cm³/mol. The Balaban J connectivity index is 2.36. The molecule has 3 N–H and O–H groups in total. The number of aryl methyl sites for hydroxylation is 1. The number of rotatable bonds is 2. The highest BCUT2D eigenvalue weighted by molar-refractivity contribution is 6.20. The third-order valence-electron chi connectivity index (χ3n) is 2.80. The Morgan fingerprint density at radius 3 is 2.67 bits per heavy atom. The fourth-order valence-corrected chi connectivity index (χ4v) is 1.88. The highest BCUT2D eigenvalue weighted by Gasteiger charge is 2.34. The Kier molecular flexibility index (Phi) is 3.25. The third-order valence-corrected chi connectivity index (χ3v) is 2.80. The molecule has 1 aromatic rings. The summed E-state index contributed by atoms with van der Waals surface area (Å²) in [5, 5.41) is 2.58. The Hall–Kier alpha value is -2.01. The molecule has 94 valence electrons. The van der Waals surface area contributed by atoms with E-state index in [1.54, 1.807) is 13.0 Å². The molecule has 2 unspecified atom stereocenters. The number of amides is 2. The molecule has 2 amide bonds. The summed E-state index contributed by atoms with van der Waals surface area (Å²) in [5.74, 6) is -1.47. The molecule has 0 radical (unpaired) electrons. The lowest BCUT2D eigenvalue weighted by molar-refractivity contribution is -0.129. The average Bonchev–Trinajstić information content (AvgIpc) is 2.27. The van der Waals surface area contributed by atoms with Crippen molar-refractivity contribution in [1.29, 1.82) is 0 Å². The van der Waals surface area contributed by atoms with E-state index in [0.717, 1.165) is 5.56 Å². The van der Waals surface area contributed by atoms with Crippen molar-refractivity contribution < 1.29 is 9.59 Å². The van der Waals surface area contributed by atoms with Crippen molar-refractivity contribution in [2.75, 3.05) is 0 Å². The lowest BCUT2D eigenvalue weighted by Gasteiger charge is -2.22. The van der Waals surface area contributed by atoms with E-state index < -0.39 is 17.9 Å². The molecule has 0 spiro atoms. The molecule has 0 fully saturated rings. The van der Waals surface area contributed by atoms with Crippen LogP contribution in [0.25, 0.3) is 0 Å². The van der Waals surface area contributed by atoms with Crippen molar-refractivity contribution >= 4 is 17.6 Å². The lowest BCUT2D eigenvalue weighted by atomic mass is 9.94. The molecular weight excluding hydrogens is 230 g/mol. The fraction of sp³-hybridized carbons (Fsp3) is 0.308. The summed E-state index contributed by atoms with van der Waals surface area (Å²) in [4.78, 5) is 27.7. The van der Waals surface area contributed by atoms with E-state index >= 15 is 0 Å². The monoisotopic (exact) mass is 245 g/mol. The van der Waals surface area contributed by atoms with Crippen LogP contribution in [0.15, 0.2) is 29.3 Å². The topological polar surface area (TPSA) is 84.6 Å². The minimum absolute atomic E-state index is 0.230. The molecule has 2 rings (SSSR count). The Labute approximate surface area is 105 Å². The summed E-state index contributed by atoms with van der Waals surface area (Å²) in [7, 11) is 0. The molecule has 1 heterocycles. The summed E-state index contributed by atoms with van der Waals surface area (Å²) < 4.78 is 0. The van der Waals surface area contributed by atoms with Crippen LogP contribution in [0.2, 0.25) is 0 Å². The van der Waals surface area contributed by atoms with Crippen LogP contribution in [0, 0.1) is 6.92 Å². The number of hydrogen-bond acceptors (Lipinski definition) is 3. The summed E-state index contributed by atoms with van der Waals surface area (Å²) >= 11 is 0. The molecule has 2 atom stereocenters. The molecule has 1 aromatic carbocycles. The van der Waals surface area contributed by atoms with Crippen LogP contribution >= 0.6 is 0 Å². The van der Waals surface area contributed by atoms with Crippen LogP contribution in [-0.2, 0) is 9.59 Å². The average molecular weight is 245 g/mol. The second-order valence-electron chi connectivity index (χ2n) is 4.46. The molecule has 5 nitrogen and oxygen atoms in total. The molecule has 5 heteroatoms. The van der Waals surface area contributed by atoms with E-state index in [2.05, 4.69) is 10.3 Å². The van der Waals surface area contributed by atoms with Gasteiger partial charge in [0.1, 0.15) is 11.8 Å². The van der Waals surface area contributed by atoms with Gasteiger partial charge >= 0.3 is 0 Å². The van der Waals surface area contributed by atoms with Gasteiger partial charge < -0.3 is 11.1 Å². The zero-order valence-corrected chi connectivity index (χ0v) is 10.3. The second-order valence-corrected chi connectivity index (χ2v) is 4.46. The van der Waals surface area contributed by atoms with E-state index in [0.29, 0.717) is 5.56 Å². The maximum absolute atomic E-state index is 12.0. The number of hydrogen-bond donors (Lipinski definition) is 2. The van der Waals surface area contributed by atoms with Gasteiger partial charge in [0.2, 0.25) is 5.91 Å². The SMILES string of the molecule is Cc1cccc(C2C(=O)N=C(C(C)N)NC2=O)c1. The maximum Gasteiger partial charge on any atom is 0.264 e. The smallest absolute Gasteiger partial charge is 0.264 e. The van der Waals surface area contributed by atoms with Crippen LogP contribution in [0.4, 0.5) is 0 Å². The van der Waals surface area contributed by atoms with Gasteiger partial charge in [0.25, 0.3) is 5.91 Å². The zero-order valence-electron chi connectivity index (χ0n) is 10.3. The Morgan fingerprint density at radius 2 is 2.11 bits per heavy atom. The van der Waals surface area contributed by atoms with Crippen molar-refractivity contribution in [3.63, 3.8) is 0 Å². The summed E-state index contributed by atoms with van der Waals surface area (Å²) in [6, 6.07) is 6.83. The highest BCUT2D eigenvalue weighted by Crippen LogP contribution is 2.21. The van der Waals surface area contributed by atoms with Crippen molar-refractivity contribution in [2.45, 2.75) is 25.8 Å². The van der Waals surface area contributed by atoms with Crippen molar-refractivity contribution in [2.24, 2.45) is 10.7 Å². The Bertz CT molecular complexity index is 535. The second kappa shape index (κ2) is 4.70. The first-order valence-corrected chi connectivity index (χ1v) is 5.74. The molecule has 0 aliphatic carbocycles. The van der Waals surface area contributed by atoms with Gasteiger partial charge in [-0.3, -0.25) is 9.59 Å². The van der Waals surface area contributed by atoms with Gasteiger partial charge in [-0.15, -0.1) is 0 Å². The number of carbonyl (C=O) groups is 2. The fourth-order valence-electron chi connectivity index (χ4n) is 1.88. The molecule has 0 bridgehead atoms. The van der Waals surface area contributed by atoms with Gasteiger partial charge in [-0.05, 0) is 19.4 Å². The molecule has 1 aliphatic rings. The lowest BCUT2D eigenvalue weighted by Crippen LogP contribution is -2.49. The number of nitrogens with zero attached hydrogens (tertiary/aromatic N) is 1. The van der Waals surface area contributed by atoms with Gasteiger partial charge in [-0.1, -0.05) is 29.8 Å². The first-order valence-electron chi connectivity index (χ1n) is 5.74. The molecule has 0 aromatic heterocycles. The van der Waals surface area contributed by atoms with Gasteiger partial charge in [0.15, 0.2) is 0 Å². The van der Waals surface area contributed by atoms with E-state index in [4.69, 9.17) is 5.73 Å². The first-order chi connectivity index (χ1) is 8.49. The van der Waals surface area contributed by atoms with Gasteiger partial charge in [-0.25, -0.2) is 0 Å². The molecule has 1 aliphatic heterocycles. The van der Waals surface area contributed by atoms with Crippen LogP contribution < -0.4 is 11.1 Å². The quantitative estimate of drug-likeness (QED) is 0.743. The standard InChI is InChI=1S/C13H15N3O2/c1-7-4-3-5-9(6-7)10-12(17)15-11(8(2)14)16-13(10)18/h3-6,8,10H,14H2,1-2H3,(H,15,16,17,18). The minimum Gasteiger partial charge on any atom is -0.322 e.